The Morgan fingerprint density at radius 3 is 1.89 bits per heavy atom. The number of rotatable bonds is 6. The molecule has 0 atom stereocenters. The molecule has 0 unspecified atom stereocenters. The molecule has 0 aliphatic carbocycles. The Kier molecular flexibility index (Phi) is 5.84. The number of nitrogens with two attached hydrogens (primary N) is 1. The fraction of sp³-hybridized carbons (Fsp3) is 0.938. The largest absolute Gasteiger partial charge is 0.342 e. The lowest BCUT2D eigenvalue weighted by Crippen LogP contribution is -2.51. The Labute approximate surface area is 118 Å². The van der Waals surface area contributed by atoms with Crippen LogP contribution in [-0.2, 0) is 4.79 Å². The fourth-order valence-electron chi connectivity index (χ4n) is 3.41. The molecule has 1 saturated heterocycles. The Morgan fingerprint density at radius 2 is 1.58 bits per heavy atom. The van der Waals surface area contributed by atoms with Gasteiger partial charge in [0.15, 0.2) is 0 Å². The molecule has 0 aromatic heterocycles. The zero-order valence-corrected chi connectivity index (χ0v) is 13.3. The molecule has 112 valence electrons. The van der Waals surface area contributed by atoms with Crippen LogP contribution in [0.4, 0.5) is 0 Å². The van der Waals surface area contributed by atoms with Gasteiger partial charge in [0.25, 0.3) is 0 Å². The van der Waals surface area contributed by atoms with Crippen LogP contribution in [0.25, 0.3) is 0 Å². The van der Waals surface area contributed by atoms with E-state index in [1.54, 1.807) is 0 Å². The van der Waals surface area contributed by atoms with Gasteiger partial charge >= 0.3 is 0 Å². The van der Waals surface area contributed by atoms with Crippen molar-refractivity contribution in [1.29, 1.82) is 0 Å². The zero-order valence-electron chi connectivity index (χ0n) is 13.3. The van der Waals surface area contributed by atoms with E-state index in [1.807, 2.05) is 0 Å². The average Bonchev–Trinajstić information content (AvgIpc) is 2.49. The minimum atomic E-state index is -0.321. The molecule has 3 nitrogen and oxygen atoms in total. The van der Waals surface area contributed by atoms with Crippen molar-refractivity contribution in [2.75, 3.05) is 19.6 Å². The quantitative estimate of drug-likeness (QED) is 0.804. The third-order valence-corrected chi connectivity index (χ3v) is 5.81. The molecule has 0 aromatic carbocycles. The van der Waals surface area contributed by atoms with Gasteiger partial charge in [0, 0.05) is 19.6 Å². The predicted octanol–water partition coefficient (Wildman–Crippen LogP) is 3.18. The maximum Gasteiger partial charge on any atom is 0.230 e. The fourth-order valence-corrected chi connectivity index (χ4v) is 3.41. The summed E-state index contributed by atoms with van der Waals surface area (Å²) < 4.78 is 0. The van der Waals surface area contributed by atoms with Crippen molar-refractivity contribution in [1.82, 2.24) is 4.90 Å². The second-order valence-corrected chi connectivity index (χ2v) is 6.19. The van der Waals surface area contributed by atoms with Crippen LogP contribution in [0.15, 0.2) is 0 Å². The smallest absolute Gasteiger partial charge is 0.230 e. The first-order valence-electron chi connectivity index (χ1n) is 8.02. The second-order valence-electron chi connectivity index (χ2n) is 6.19. The van der Waals surface area contributed by atoms with E-state index in [1.165, 1.54) is 12.8 Å². The van der Waals surface area contributed by atoms with E-state index in [0.29, 0.717) is 17.9 Å². The van der Waals surface area contributed by atoms with E-state index >= 15 is 0 Å². The summed E-state index contributed by atoms with van der Waals surface area (Å²) in [5.41, 5.74) is 6.05. The monoisotopic (exact) mass is 268 g/mol. The van der Waals surface area contributed by atoms with Crippen LogP contribution in [-0.4, -0.2) is 30.4 Å². The molecular weight excluding hydrogens is 236 g/mol. The summed E-state index contributed by atoms with van der Waals surface area (Å²) in [5, 5.41) is 0. The number of piperidine rings is 1. The van der Waals surface area contributed by atoms with E-state index in [4.69, 9.17) is 5.73 Å². The summed E-state index contributed by atoms with van der Waals surface area (Å²) in [7, 11) is 0. The van der Waals surface area contributed by atoms with Gasteiger partial charge in [0.1, 0.15) is 0 Å². The number of likely N-dealkylation sites (tertiary alicyclic amines) is 1. The molecular formula is C16H32N2O. The molecule has 19 heavy (non-hydrogen) atoms. The highest BCUT2D eigenvalue weighted by Crippen LogP contribution is 2.39. The number of amides is 1. The van der Waals surface area contributed by atoms with Gasteiger partial charge in [-0.1, -0.05) is 40.5 Å². The third kappa shape index (κ3) is 3.13. The maximum atomic E-state index is 12.7. The molecule has 1 rings (SSSR count). The molecule has 1 heterocycles. The van der Waals surface area contributed by atoms with Crippen molar-refractivity contribution in [2.24, 2.45) is 16.6 Å². The van der Waals surface area contributed by atoms with Gasteiger partial charge in [-0.2, -0.15) is 0 Å². The molecule has 1 aliphatic heterocycles. The van der Waals surface area contributed by atoms with Crippen LogP contribution in [0, 0.1) is 10.8 Å². The Hall–Kier alpha value is -0.570. The number of carbonyl (C=O) groups is 1. The minimum Gasteiger partial charge on any atom is -0.342 e. The van der Waals surface area contributed by atoms with Gasteiger partial charge in [-0.05, 0) is 31.1 Å². The summed E-state index contributed by atoms with van der Waals surface area (Å²) in [6.45, 7) is 11.0. The van der Waals surface area contributed by atoms with Gasteiger partial charge in [-0.15, -0.1) is 0 Å². The van der Waals surface area contributed by atoms with E-state index < -0.39 is 0 Å². The molecule has 1 aliphatic rings. The Balaban J connectivity index is 2.72. The Bertz CT molecular complexity index is 275. The number of hydrogen-bond acceptors (Lipinski definition) is 2. The Morgan fingerprint density at radius 1 is 1.11 bits per heavy atom. The van der Waals surface area contributed by atoms with Crippen molar-refractivity contribution in [2.45, 2.75) is 66.2 Å². The van der Waals surface area contributed by atoms with E-state index in [0.717, 1.165) is 38.8 Å². The topological polar surface area (TPSA) is 46.3 Å². The van der Waals surface area contributed by atoms with Crippen LogP contribution < -0.4 is 5.73 Å². The lowest BCUT2D eigenvalue weighted by molar-refractivity contribution is -0.144. The van der Waals surface area contributed by atoms with Crippen LogP contribution >= 0.6 is 0 Å². The highest BCUT2D eigenvalue weighted by molar-refractivity contribution is 5.83. The van der Waals surface area contributed by atoms with E-state index in [9.17, 15) is 4.79 Å². The molecule has 3 heteroatoms. The zero-order chi connectivity index (χ0) is 14.5. The van der Waals surface area contributed by atoms with Crippen molar-refractivity contribution >= 4 is 5.91 Å². The highest BCUT2D eigenvalue weighted by atomic mass is 16.2. The van der Waals surface area contributed by atoms with Crippen molar-refractivity contribution in [3.05, 3.63) is 0 Å². The normalized spacial score (nSPS) is 19.5. The third-order valence-electron chi connectivity index (χ3n) is 5.81. The van der Waals surface area contributed by atoms with Crippen molar-refractivity contribution in [3.63, 3.8) is 0 Å². The first-order valence-corrected chi connectivity index (χ1v) is 8.02. The van der Waals surface area contributed by atoms with Crippen LogP contribution in [0.2, 0.25) is 0 Å². The van der Waals surface area contributed by atoms with Crippen LogP contribution in [0.1, 0.15) is 66.2 Å². The molecule has 0 bridgehead atoms. The molecule has 0 radical (unpaired) electrons. The molecule has 0 spiro atoms. The first kappa shape index (κ1) is 16.5. The lowest BCUT2D eigenvalue weighted by Gasteiger charge is -2.44. The summed E-state index contributed by atoms with van der Waals surface area (Å²) >= 11 is 0. The van der Waals surface area contributed by atoms with Gasteiger partial charge in [0.05, 0.1) is 5.41 Å². The molecule has 0 aromatic rings. The van der Waals surface area contributed by atoms with Crippen LogP contribution in [0.3, 0.4) is 0 Å². The summed E-state index contributed by atoms with van der Waals surface area (Å²) in [6.07, 6.45) is 6.47. The summed E-state index contributed by atoms with van der Waals surface area (Å²) in [5.74, 6) is 0.292. The standard InChI is InChI=1S/C16H32N2O/c1-5-15(6-2)9-11-18(12-10-15)14(19)16(7-3,8-4)13-17/h5-13,17H2,1-4H3. The summed E-state index contributed by atoms with van der Waals surface area (Å²) in [4.78, 5) is 14.8. The van der Waals surface area contributed by atoms with Gasteiger partial charge < -0.3 is 10.6 Å². The van der Waals surface area contributed by atoms with Crippen LogP contribution in [0.5, 0.6) is 0 Å². The number of nitrogens with zero attached hydrogens (tertiary/aromatic N) is 1. The van der Waals surface area contributed by atoms with Gasteiger partial charge in [-0.3, -0.25) is 4.79 Å². The summed E-state index contributed by atoms with van der Waals surface area (Å²) in [6, 6.07) is 0. The maximum absolute atomic E-state index is 12.7. The molecule has 0 saturated carbocycles. The SMILES string of the molecule is CCC1(CC)CCN(C(=O)C(CC)(CC)CN)CC1. The molecule has 1 amide bonds. The average molecular weight is 268 g/mol. The number of hydrogen-bond donors (Lipinski definition) is 1. The first-order chi connectivity index (χ1) is 9.03. The molecule has 1 fully saturated rings. The van der Waals surface area contributed by atoms with Gasteiger partial charge in [0.2, 0.25) is 5.91 Å². The highest BCUT2D eigenvalue weighted by Gasteiger charge is 2.40. The van der Waals surface area contributed by atoms with Gasteiger partial charge in [-0.25, -0.2) is 0 Å². The second kappa shape index (κ2) is 6.74. The van der Waals surface area contributed by atoms with E-state index in [2.05, 4.69) is 32.6 Å². The minimum absolute atomic E-state index is 0.292. The molecule has 2 N–H and O–H groups in total. The predicted molar refractivity (Wildman–Crippen MR) is 80.9 cm³/mol. The number of carbonyl (C=O) groups excluding carboxylic acids is 1. The van der Waals surface area contributed by atoms with Crippen molar-refractivity contribution in [3.8, 4) is 0 Å². The lowest BCUT2D eigenvalue weighted by atomic mass is 9.73. The van der Waals surface area contributed by atoms with Crippen molar-refractivity contribution < 1.29 is 4.79 Å². The van der Waals surface area contributed by atoms with E-state index in [-0.39, 0.29) is 5.41 Å².